The van der Waals surface area contributed by atoms with Gasteiger partial charge >= 0.3 is 5.97 Å². The molecule has 1 heterocycles. The van der Waals surface area contributed by atoms with Crippen molar-refractivity contribution in [3.63, 3.8) is 0 Å². The highest BCUT2D eigenvalue weighted by Crippen LogP contribution is 2.01. The van der Waals surface area contributed by atoms with E-state index in [1.54, 1.807) is 6.08 Å². The van der Waals surface area contributed by atoms with Crippen LogP contribution in [0.15, 0.2) is 25.0 Å². The molecule has 1 saturated heterocycles. The predicted octanol–water partition coefficient (Wildman–Crippen LogP) is 0.565. The number of rotatable bonds is 4. The molecule has 72 valence electrons. The maximum Gasteiger partial charge on any atom is 0.334 e. The zero-order valence-electron chi connectivity index (χ0n) is 7.36. The molecule has 0 bridgehead atoms. The fourth-order valence-electron chi connectivity index (χ4n) is 0.974. The quantitative estimate of drug-likeness (QED) is 0.393. The molecule has 1 aliphatic rings. The van der Waals surface area contributed by atoms with Crippen LogP contribution in [0.2, 0.25) is 0 Å². The van der Waals surface area contributed by atoms with Crippen LogP contribution in [0, 0.1) is 0 Å². The van der Waals surface area contributed by atoms with Gasteiger partial charge in [0.15, 0.2) is 0 Å². The van der Waals surface area contributed by atoms with Gasteiger partial charge in [-0.1, -0.05) is 6.58 Å². The van der Waals surface area contributed by atoms with Crippen LogP contribution < -0.4 is 5.32 Å². The molecule has 0 radical (unpaired) electrons. The maximum atomic E-state index is 10.6. The molecule has 0 aromatic rings. The fourth-order valence-corrected chi connectivity index (χ4v) is 0.974. The standard InChI is InChI=1S/C9H13NO3/c1-2-9(11)13-6-3-4-8-10-5-7-12-8/h2-3,6,8,10H,1,4-5,7H2. The Morgan fingerprint density at radius 1 is 1.77 bits per heavy atom. The molecule has 1 fully saturated rings. The number of hydrogen-bond acceptors (Lipinski definition) is 4. The molecule has 0 amide bonds. The van der Waals surface area contributed by atoms with Crippen LogP contribution in [0.5, 0.6) is 0 Å². The fraction of sp³-hybridized carbons (Fsp3) is 0.444. The average Bonchev–Trinajstić information content (AvgIpc) is 2.64. The highest BCUT2D eigenvalue weighted by atomic mass is 16.5. The summed E-state index contributed by atoms with van der Waals surface area (Å²) < 4.78 is 9.89. The Bertz CT molecular complexity index is 207. The van der Waals surface area contributed by atoms with E-state index in [0.29, 0.717) is 6.42 Å². The van der Waals surface area contributed by atoms with Crippen LogP contribution in [0.4, 0.5) is 0 Å². The van der Waals surface area contributed by atoms with E-state index in [-0.39, 0.29) is 6.23 Å². The van der Waals surface area contributed by atoms with Crippen molar-refractivity contribution in [3.8, 4) is 0 Å². The van der Waals surface area contributed by atoms with Crippen molar-refractivity contribution in [2.24, 2.45) is 0 Å². The van der Waals surface area contributed by atoms with E-state index in [9.17, 15) is 4.79 Å². The number of carbonyl (C=O) groups is 1. The van der Waals surface area contributed by atoms with Crippen LogP contribution in [0.3, 0.4) is 0 Å². The molecule has 0 saturated carbocycles. The first-order chi connectivity index (χ1) is 6.33. The molecule has 4 heteroatoms. The van der Waals surface area contributed by atoms with E-state index in [1.807, 2.05) is 0 Å². The molecule has 13 heavy (non-hydrogen) atoms. The molecular weight excluding hydrogens is 170 g/mol. The van der Waals surface area contributed by atoms with Crippen molar-refractivity contribution >= 4 is 5.97 Å². The van der Waals surface area contributed by atoms with E-state index >= 15 is 0 Å². The van der Waals surface area contributed by atoms with E-state index in [2.05, 4.69) is 16.6 Å². The monoisotopic (exact) mass is 183 g/mol. The van der Waals surface area contributed by atoms with Gasteiger partial charge in [-0.3, -0.25) is 5.32 Å². The maximum absolute atomic E-state index is 10.6. The highest BCUT2D eigenvalue weighted by Gasteiger charge is 2.11. The third kappa shape index (κ3) is 3.87. The number of nitrogens with one attached hydrogen (secondary N) is 1. The Labute approximate surface area is 77.2 Å². The van der Waals surface area contributed by atoms with Crippen molar-refractivity contribution in [1.82, 2.24) is 5.32 Å². The average molecular weight is 183 g/mol. The second-order valence-electron chi connectivity index (χ2n) is 2.56. The predicted molar refractivity (Wildman–Crippen MR) is 47.8 cm³/mol. The first-order valence-corrected chi connectivity index (χ1v) is 4.16. The van der Waals surface area contributed by atoms with Gasteiger partial charge in [-0.15, -0.1) is 0 Å². The minimum atomic E-state index is -0.448. The lowest BCUT2D eigenvalue weighted by Crippen LogP contribution is -2.21. The Morgan fingerprint density at radius 3 is 3.23 bits per heavy atom. The largest absolute Gasteiger partial charge is 0.432 e. The summed E-state index contributed by atoms with van der Waals surface area (Å²) in [5.41, 5.74) is 0. The molecule has 1 unspecified atom stereocenters. The molecule has 0 spiro atoms. The summed E-state index contributed by atoms with van der Waals surface area (Å²) in [6.45, 7) is 4.89. The number of carbonyl (C=O) groups excluding carboxylic acids is 1. The number of esters is 1. The summed E-state index contributed by atoms with van der Waals surface area (Å²) in [6, 6.07) is 0. The lowest BCUT2D eigenvalue weighted by molar-refractivity contribution is -0.132. The molecule has 0 aromatic carbocycles. The first kappa shape index (κ1) is 9.95. The molecule has 0 aromatic heterocycles. The van der Waals surface area contributed by atoms with Gasteiger partial charge in [0, 0.05) is 19.0 Å². The lowest BCUT2D eigenvalue weighted by atomic mass is 10.4. The van der Waals surface area contributed by atoms with E-state index in [4.69, 9.17) is 4.74 Å². The summed E-state index contributed by atoms with van der Waals surface area (Å²) in [5, 5.41) is 3.12. The van der Waals surface area contributed by atoms with Crippen molar-refractivity contribution in [1.29, 1.82) is 0 Å². The van der Waals surface area contributed by atoms with Crippen LogP contribution in [0.1, 0.15) is 6.42 Å². The first-order valence-electron chi connectivity index (χ1n) is 4.16. The summed E-state index contributed by atoms with van der Waals surface area (Å²) in [4.78, 5) is 10.6. The van der Waals surface area contributed by atoms with Crippen LogP contribution in [-0.2, 0) is 14.3 Å². The summed E-state index contributed by atoms with van der Waals surface area (Å²) in [6.07, 6.45) is 4.97. The lowest BCUT2D eigenvalue weighted by Gasteiger charge is -2.04. The summed E-state index contributed by atoms with van der Waals surface area (Å²) >= 11 is 0. The van der Waals surface area contributed by atoms with Crippen molar-refractivity contribution in [3.05, 3.63) is 25.0 Å². The molecule has 1 atom stereocenters. The Hall–Kier alpha value is -1.13. The zero-order valence-corrected chi connectivity index (χ0v) is 7.36. The second kappa shape index (κ2) is 5.50. The normalized spacial score (nSPS) is 22.0. The molecule has 4 nitrogen and oxygen atoms in total. The third-order valence-corrected chi connectivity index (χ3v) is 1.59. The zero-order chi connectivity index (χ0) is 9.52. The van der Waals surface area contributed by atoms with Gasteiger partial charge in [-0.05, 0) is 6.08 Å². The molecule has 1 rings (SSSR count). The van der Waals surface area contributed by atoms with Gasteiger partial charge in [-0.25, -0.2) is 4.79 Å². The van der Waals surface area contributed by atoms with E-state index in [0.717, 1.165) is 19.2 Å². The smallest absolute Gasteiger partial charge is 0.334 e. The van der Waals surface area contributed by atoms with Crippen LogP contribution >= 0.6 is 0 Å². The Kier molecular flexibility index (Phi) is 4.21. The minimum absolute atomic E-state index is 0.0543. The van der Waals surface area contributed by atoms with Gasteiger partial charge in [-0.2, -0.15) is 0 Å². The highest BCUT2D eigenvalue weighted by molar-refractivity contribution is 5.81. The Morgan fingerprint density at radius 2 is 2.62 bits per heavy atom. The topological polar surface area (TPSA) is 47.6 Å². The summed E-state index contributed by atoms with van der Waals surface area (Å²) in [5.74, 6) is -0.448. The summed E-state index contributed by atoms with van der Waals surface area (Å²) in [7, 11) is 0. The SMILES string of the molecule is C=CC(=O)OC=CCC1NCCO1. The van der Waals surface area contributed by atoms with Gasteiger partial charge in [0.1, 0.15) is 6.23 Å². The van der Waals surface area contributed by atoms with Crippen molar-refractivity contribution < 1.29 is 14.3 Å². The Balaban J connectivity index is 2.10. The molecule has 1 N–H and O–H groups in total. The molecular formula is C9H13NO3. The van der Waals surface area contributed by atoms with Crippen LogP contribution in [0.25, 0.3) is 0 Å². The van der Waals surface area contributed by atoms with E-state index < -0.39 is 5.97 Å². The van der Waals surface area contributed by atoms with Gasteiger partial charge in [0.2, 0.25) is 0 Å². The van der Waals surface area contributed by atoms with Crippen molar-refractivity contribution in [2.45, 2.75) is 12.6 Å². The van der Waals surface area contributed by atoms with Crippen molar-refractivity contribution in [2.75, 3.05) is 13.2 Å². The molecule has 0 aliphatic carbocycles. The second-order valence-corrected chi connectivity index (χ2v) is 2.56. The van der Waals surface area contributed by atoms with Gasteiger partial charge in [0.25, 0.3) is 0 Å². The van der Waals surface area contributed by atoms with E-state index in [1.165, 1.54) is 6.26 Å². The number of ether oxygens (including phenoxy) is 2. The van der Waals surface area contributed by atoms with Gasteiger partial charge < -0.3 is 9.47 Å². The third-order valence-electron chi connectivity index (χ3n) is 1.59. The van der Waals surface area contributed by atoms with Crippen LogP contribution in [-0.4, -0.2) is 25.3 Å². The van der Waals surface area contributed by atoms with Gasteiger partial charge in [0.05, 0.1) is 12.9 Å². The minimum Gasteiger partial charge on any atom is -0.432 e. The number of hydrogen-bond donors (Lipinski definition) is 1. The molecule has 1 aliphatic heterocycles.